The minimum atomic E-state index is -0.316. The molecule has 0 saturated carbocycles. The van der Waals surface area contributed by atoms with Gasteiger partial charge < -0.3 is 27.0 Å². The lowest BCUT2D eigenvalue weighted by atomic mass is 9.87. The number of aromatic nitrogens is 2. The number of aliphatic imine (C=N–C) groups is 1. The number of piperidine rings is 2. The molecule has 30 heavy (non-hydrogen) atoms. The smallest absolute Gasteiger partial charge is 0.225 e. The maximum Gasteiger partial charge on any atom is 0.225 e. The molecular weight excluding hydrogens is 408 g/mol. The van der Waals surface area contributed by atoms with Crippen LogP contribution in [0.1, 0.15) is 42.6 Å². The van der Waals surface area contributed by atoms with Crippen molar-refractivity contribution in [2.45, 2.75) is 37.6 Å². The van der Waals surface area contributed by atoms with Gasteiger partial charge in [-0.1, -0.05) is 11.6 Å². The van der Waals surface area contributed by atoms with Crippen LogP contribution in [0.25, 0.3) is 0 Å². The van der Waals surface area contributed by atoms with Crippen molar-refractivity contribution >= 4 is 40.8 Å². The minimum Gasteiger partial charge on any atom is -0.382 e. The van der Waals surface area contributed by atoms with Crippen LogP contribution >= 0.6 is 11.6 Å². The number of rotatable bonds is 4. The van der Waals surface area contributed by atoms with Gasteiger partial charge in [-0.3, -0.25) is 14.6 Å². The molecule has 162 valence electrons. The molecule has 6 N–H and O–H groups in total. The molecule has 1 aromatic rings. The number of ketones is 1. The topological polar surface area (TPSA) is 152 Å². The van der Waals surface area contributed by atoms with E-state index in [4.69, 9.17) is 23.1 Å². The van der Waals surface area contributed by atoms with Crippen molar-refractivity contribution < 1.29 is 9.59 Å². The number of hydrogen-bond acceptors (Lipinski definition) is 9. The molecule has 4 heterocycles. The number of nitrogen functional groups attached to an aromatic ring is 2. The van der Waals surface area contributed by atoms with Crippen LogP contribution in [-0.4, -0.2) is 70.7 Å². The number of halogens is 1. The molecule has 3 aliphatic heterocycles. The second kappa shape index (κ2) is 8.35. The molecule has 0 aliphatic carbocycles. The van der Waals surface area contributed by atoms with E-state index in [1.165, 1.54) is 0 Å². The number of nitrogens with two attached hydrogens (primary N) is 2. The van der Waals surface area contributed by atoms with E-state index in [-0.39, 0.29) is 52.1 Å². The Hall–Kier alpha value is -2.46. The van der Waals surface area contributed by atoms with Crippen LogP contribution in [0.4, 0.5) is 11.6 Å². The van der Waals surface area contributed by atoms with Gasteiger partial charge in [0.25, 0.3) is 0 Å². The predicted octanol–water partition coefficient (Wildman–Crippen LogP) is 0.230. The number of amides is 1. The quantitative estimate of drug-likeness (QED) is 0.491. The summed E-state index contributed by atoms with van der Waals surface area (Å²) in [5, 5.41) is 6.68. The number of carbonyl (C=O) groups excluding carboxylic acids is 2. The van der Waals surface area contributed by atoms with Crippen molar-refractivity contribution in [3.8, 4) is 0 Å². The molecule has 0 unspecified atom stereocenters. The van der Waals surface area contributed by atoms with Gasteiger partial charge in [-0.05, 0) is 38.8 Å². The third-order valence-electron chi connectivity index (χ3n) is 6.20. The van der Waals surface area contributed by atoms with E-state index in [0.717, 1.165) is 38.8 Å². The third-order valence-corrected chi connectivity index (χ3v) is 6.48. The number of nitrogens with one attached hydrogen (secondary N) is 2. The average molecular weight is 435 g/mol. The number of likely N-dealkylation sites (tertiary alicyclic amines) is 1. The van der Waals surface area contributed by atoms with E-state index < -0.39 is 0 Å². The van der Waals surface area contributed by atoms with Gasteiger partial charge in [-0.2, -0.15) is 0 Å². The SMILES string of the molecule is Nc1nc(N)c(C(=O)CC2=NCC3(CCN(C(=O)C4CCNCC4)CC3)N2)nc1Cl. The van der Waals surface area contributed by atoms with Crippen LogP contribution in [0.15, 0.2) is 4.99 Å². The summed E-state index contributed by atoms with van der Waals surface area (Å²) in [6, 6.07) is 0. The number of anilines is 2. The summed E-state index contributed by atoms with van der Waals surface area (Å²) in [5.41, 5.74) is 11.1. The monoisotopic (exact) mass is 434 g/mol. The number of amidine groups is 1. The van der Waals surface area contributed by atoms with E-state index in [9.17, 15) is 9.59 Å². The van der Waals surface area contributed by atoms with E-state index in [0.29, 0.717) is 25.5 Å². The van der Waals surface area contributed by atoms with Gasteiger partial charge in [0.1, 0.15) is 5.84 Å². The lowest BCUT2D eigenvalue weighted by molar-refractivity contribution is -0.138. The predicted molar refractivity (Wildman–Crippen MR) is 114 cm³/mol. The van der Waals surface area contributed by atoms with Crippen molar-refractivity contribution in [2.24, 2.45) is 10.9 Å². The van der Waals surface area contributed by atoms with Crippen LogP contribution in [0.5, 0.6) is 0 Å². The van der Waals surface area contributed by atoms with Crippen molar-refractivity contribution in [1.29, 1.82) is 0 Å². The highest BCUT2D eigenvalue weighted by atomic mass is 35.5. The Balaban J connectivity index is 1.32. The summed E-state index contributed by atoms with van der Waals surface area (Å²) in [6.07, 6.45) is 3.48. The molecule has 11 heteroatoms. The van der Waals surface area contributed by atoms with Crippen molar-refractivity contribution in [3.05, 3.63) is 10.8 Å². The zero-order chi connectivity index (χ0) is 21.3. The van der Waals surface area contributed by atoms with Crippen LogP contribution in [0.2, 0.25) is 5.15 Å². The fourth-order valence-electron chi connectivity index (χ4n) is 4.38. The highest BCUT2D eigenvalue weighted by Gasteiger charge is 2.41. The largest absolute Gasteiger partial charge is 0.382 e. The molecule has 1 aromatic heterocycles. The fourth-order valence-corrected chi connectivity index (χ4v) is 4.51. The zero-order valence-corrected chi connectivity index (χ0v) is 17.5. The standard InChI is InChI=1S/C19H27ClN8O2/c20-15-17(22)26-16(21)14(25-15)12(29)9-13-24-10-19(27-13)3-7-28(8-4-19)18(30)11-1-5-23-6-2-11/h11,23H,1-10H2,(H,24,27)(H4,21,22,26). The summed E-state index contributed by atoms with van der Waals surface area (Å²) in [4.78, 5) is 39.7. The molecule has 10 nitrogen and oxygen atoms in total. The highest BCUT2D eigenvalue weighted by Crippen LogP contribution is 2.29. The molecule has 2 saturated heterocycles. The van der Waals surface area contributed by atoms with Gasteiger partial charge in [0.15, 0.2) is 28.3 Å². The average Bonchev–Trinajstić information content (AvgIpc) is 3.13. The Bertz CT molecular complexity index is 876. The van der Waals surface area contributed by atoms with Crippen LogP contribution in [-0.2, 0) is 4.79 Å². The van der Waals surface area contributed by atoms with E-state index >= 15 is 0 Å². The van der Waals surface area contributed by atoms with E-state index in [1.54, 1.807) is 0 Å². The Morgan fingerprint density at radius 2 is 1.83 bits per heavy atom. The lowest BCUT2D eigenvalue weighted by Crippen LogP contribution is -2.56. The van der Waals surface area contributed by atoms with Crippen molar-refractivity contribution in [3.63, 3.8) is 0 Å². The van der Waals surface area contributed by atoms with Crippen LogP contribution < -0.4 is 22.1 Å². The Morgan fingerprint density at radius 1 is 1.13 bits per heavy atom. The Morgan fingerprint density at radius 3 is 2.53 bits per heavy atom. The van der Waals surface area contributed by atoms with Gasteiger partial charge in [0, 0.05) is 19.0 Å². The number of carbonyl (C=O) groups is 2. The van der Waals surface area contributed by atoms with Crippen molar-refractivity contribution in [2.75, 3.05) is 44.2 Å². The lowest BCUT2D eigenvalue weighted by Gasteiger charge is -2.41. The first-order valence-corrected chi connectivity index (χ1v) is 10.7. The normalized spacial score (nSPS) is 21.4. The van der Waals surface area contributed by atoms with Crippen LogP contribution in [0.3, 0.4) is 0 Å². The van der Waals surface area contributed by atoms with Gasteiger partial charge in [0.05, 0.1) is 18.5 Å². The summed E-state index contributed by atoms with van der Waals surface area (Å²) >= 11 is 5.87. The molecular formula is C19H27ClN8O2. The van der Waals surface area contributed by atoms with E-state index in [2.05, 4.69) is 25.6 Å². The Kier molecular flexibility index (Phi) is 5.79. The molecule has 0 bridgehead atoms. The molecule has 2 fully saturated rings. The molecule has 4 rings (SSSR count). The molecule has 3 aliphatic rings. The third kappa shape index (κ3) is 4.20. The molecule has 0 aromatic carbocycles. The maximum absolute atomic E-state index is 12.8. The maximum atomic E-state index is 12.8. The van der Waals surface area contributed by atoms with Crippen LogP contribution in [0, 0.1) is 5.92 Å². The second-order valence-corrected chi connectivity index (χ2v) is 8.61. The summed E-state index contributed by atoms with van der Waals surface area (Å²) in [5.74, 6) is 0.650. The number of nitrogens with zero attached hydrogens (tertiary/aromatic N) is 4. The summed E-state index contributed by atoms with van der Waals surface area (Å²) in [6.45, 7) is 3.83. The Labute approximate surface area is 179 Å². The summed E-state index contributed by atoms with van der Waals surface area (Å²) < 4.78 is 0. The van der Waals surface area contributed by atoms with E-state index in [1.807, 2.05) is 4.90 Å². The summed E-state index contributed by atoms with van der Waals surface area (Å²) in [7, 11) is 0. The second-order valence-electron chi connectivity index (χ2n) is 8.25. The first-order valence-electron chi connectivity index (χ1n) is 10.3. The van der Waals surface area contributed by atoms with Gasteiger partial charge >= 0.3 is 0 Å². The molecule has 0 radical (unpaired) electrons. The zero-order valence-electron chi connectivity index (χ0n) is 16.8. The first-order chi connectivity index (χ1) is 14.4. The first kappa shape index (κ1) is 20.8. The molecule has 1 amide bonds. The number of Topliss-reactive ketones (excluding diaryl/α,β-unsaturated/α-hetero) is 1. The fraction of sp³-hybridized carbons (Fsp3) is 0.632. The molecule has 0 atom stereocenters. The van der Waals surface area contributed by atoms with Gasteiger partial charge in [-0.15, -0.1) is 0 Å². The number of hydrogen-bond donors (Lipinski definition) is 4. The highest BCUT2D eigenvalue weighted by molar-refractivity contribution is 6.31. The molecule has 1 spiro atoms. The van der Waals surface area contributed by atoms with Gasteiger partial charge in [0.2, 0.25) is 5.91 Å². The van der Waals surface area contributed by atoms with Gasteiger partial charge in [-0.25, -0.2) is 9.97 Å². The van der Waals surface area contributed by atoms with Crippen molar-refractivity contribution in [1.82, 2.24) is 25.5 Å². The minimum absolute atomic E-state index is 0.00189.